The monoisotopic (exact) mass is 334 g/mol. The zero-order valence-electron chi connectivity index (χ0n) is 13.6. The van der Waals surface area contributed by atoms with Gasteiger partial charge in [-0.2, -0.15) is 5.10 Å². The molecule has 0 saturated heterocycles. The molecule has 0 aliphatic rings. The normalized spacial score (nSPS) is 10.9. The summed E-state index contributed by atoms with van der Waals surface area (Å²) in [4.78, 5) is 20.0. The van der Waals surface area contributed by atoms with Crippen molar-refractivity contribution in [2.75, 3.05) is 6.61 Å². The molecule has 1 aromatic carbocycles. The maximum absolute atomic E-state index is 11.8. The summed E-state index contributed by atoms with van der Waals surface area (Å²) in [6.07, 6.45) is 7.60. The molecule has 0 bridgehead atoms. The predicted octanol–water partition coefficient (Wildman–Crippen LogP) is 2.94. The highest BCUT2D eigenvalue weighted by molar-refractivity contribution is 5.84. The van der Waals surface area contributed by atoms with Gasteiger partial charge in [0.1, 0.15) is 11.3 Å². The average Bonchev–Trinajstić information content (AvgIpc) is 2.66. The fourth-order valence-electron chi connectivity index (χ4n) is 2.29. The van der Waals surface area contributed by atoms with E-state index in [9.17, 15) is 4.79 Å². The van der Waals surface area contributed by atoms with E-state index in [-0.39, 0.29) is 5.91 Å². The van der Waals surface area contributed by atoms with Crippen molar-refractivity contribution >= 4 is 23.0 Å². The highest BCUT2D eigenvalue weighted by Crippen LogP contribution is 2.22. The fraction of sp³-hybridized carbons (Fsp3) is 0.158. The number of para-hydroxylation sites is 1. The number of carbonyl (C=O) groups excluding carboxylic acids is 1. The van der Waals surface area contributed by atoms with E-state index in [1.54, 1.807) is 24.8 Å². The number of pyridine rings is 2. The van der Waals surface area contributed by atoms with Gasteiger partial charge in [-0.1, -0.05) is 18.2 Å². The van der Waals surface area contributed by atoms with Crippen molar-refractivity contribution in [3.8, 4) is 5.75 Å². The standard InChI is InChI=1S/C19H18N4O2/c24-18(23-22-14-15-8-11-20-12-9-15)7-3-13-25-17-6-1-4-16-5-2-10-21-19(16)17/h1-2,4-6,8-12,14H,3,7,13H2,(H,23,24)/b22-14+. The number of carbonyl (C=O) groups is 1. The molecule has 126 valence electrons. The van der Waals surface area contributed by atoms with E-state index in [1.807, 2.05) is 42.5 Å². The van der Waals surface area contributed by atoms with E-state index in [0.29, 0.717) is 19.4 Å². The molecule has 3 rings (SSSR count). The quantitative estimate of drug-likeness (QED) is 0.409. The van der Waals surface area contributed by atoms with Crippen molar-refractivity contribution in [2.45, 2.75) is 12.8 Å². The number of aromatic nitrogens is 2. The molecule has 0 radical (unpaired) electrons. The number of hydrogen-bond donors (Lipinski definition) is 1. The summed E-state index contributed by atoms with van der Waals surface area (Å²) in [6.45, 7) is 0.442. The SMILES string of the molecule is O=C(CCCOc1cccc2cccnc12)N/N=C/c1ccncc1. The van der Waals surface area contributed by atoms with Gasteiger partial charge in [0.25, 0.3) is 0 Å². The molecule has 0 aliphatic heterocycles. The van der Waals surface area contributed by atoms with Crippen LogP contribution < -0.4 is 10.2 Å². The van der Waals surface area contributed by atoms with Gasteiger partial charge in [-0.15, -0.1) is 0 Å². The van der Waals surface area contributed by atoms with Crippen LogP contribution in [0.25, 0.3) is 10.9 Å². The number of benzene rings is 1. The van der Waals surface area contributed by atoms with Crippen LogP contribution in [0.2, 0.25) is 0 Å². The Hall–Kier alpha value is -3.28. The van der Waals surface area contributed by atoms with Crippen LogP contribution in [0.5, 0.6) is 5.75 Å². The van der Waals surface area contributed by atoms with Gasteiger partial charge in [0.05, 0.1) is 12.8 Å². The summed E-state index contributed by atoms with van der Waals surface area (Å²) in [6, 6.07) is 13.3. The molecule has 25 heavy (non-hydrogen) atoms. The number of rotatable bonds is 7. The molecular formula is C19H18N4O2. The Labute approximate surface area is 145 Å². The predicted molar refractivity (Wildman–Crippen MR) is 96.4 cm³/mol. The number of hydrazone groups is 1. The lowest BCUT2D eigenvalue weighted by Crippen LogP contribution is -2.18. The van der Waals surface area contributed by atoms with Gasteiger partial charge < -0.3 is 4.74 Å². The van der Waals surface area contributed by atoms with Crippen molar-refractivity contribution in [3.63, 3.8) is 0 Å². The molecule has 0 unspecified atom stereocenters. The van der Waals surface area contributed by atoms with Crippen molar-refractivity contribution < 1.29 is 9.53 Å². The maximum atomic E-state index is 11.8. The van der Waals surface area contributed by atoms with Crippen LogP contribution in [0.3, 0.4) is 0 Å². The Morgan fingerprint density at radius 2 is 1.96 bits per heavy atom. The lowest BCUT2D eigenvalue weighted by molar-refractivity contribution is -0.121. The zero-order chi connectivity index (χ0) is 17.3. The molecular weight excluding hydrogens is 316 g/mol. The van der Waals surface area contributed by atoms with Gasteiger partial charge in [-0.05, 0) is 36.2 Å². The Morgan fingerprint density at radius 1 is 1.12 bits per heavy atom. The van der Waals surface area contributed by atoms with Crippen LogP contribution >= 0.6 is 0 Å². The third-order valence-corrected chi connectivity index (χ3v) is 3.51. The first-order valence-electron chi connectivity index (χ1n) is 8.01. The largest absolute Gasteiger partial charge is 0.491 e. The molecule has 0 aliphatic carbocycles. The minimum absolute atomic E-state index is 0.148. The summed E-state index contributed by atoms with van der Waals surface area (Å²) < 4.78 is 5.76. The Balaban J connectivity index is 1.42. The molecule has 0 fully saturated rings. The zero-order valence-corrected chi connectivity index (χ0v) is 13.6. The summed E-state index contributed by atoms with van der Waals surface area (Å²) in [7, 11) is 0. The molecule has 0 atom stereocenters. The number of nitrogens with one attached hydrogen (secondary N) is 1. The molecule has 3 aromatic rings. The highest BCUT2D eigenvalue weighted by atomic mass is 16.5. The third-order valence-electron chi connectivity index (χ3n) is 3.51. The van der Waals surface area contributed by atoms with Gasteiger partial charge in [0.15, 0.2) is 0 Å². The van der Waals surface area contributed by atoms with Crippen LogP contribution in [0.4, 0.5) is 0 Å². The lowest BCUT2D eigenvalue weighted by atomic mass is 10.2. The summed E-state index contributed by atoms with van der Waals surface area (Å²) in [5.74, 6) is 0.583. The van der Waals surface area contributed by atoms with Gasteiger partial charge in [0, 0.05) is 30.4 Å². The molecule has 2 heterocycles. The lowest BCUT2D eigenvalue weighted by Gasteiger charge is -2.08. The maximum Gasteiger partial charge on any atom is 0.240 e. The second-order valence-corrected chi connectivity index (χ2v) is 5.36. The van der Waals surface area contributed by atoms with E-state index >= 15 is 0 Å². The number of fused-ring (bicyclic) bond motifs is 1. The van der Waals surface area contributed by atoms with Crippen LogP contribution in [0.15, 0.2) is 66.2 Å². The minimum atomic E-state index is -0.148. The average molecular weight is 334 g/mol. The first-order chi connectivity index (χ1) is 12.3. The van der Waals surface area contributed by atoms with Crippen molar-refractivity contribution in [2.24, 2.45) is 5.10 Å². The van der Waals surface area contributed by atoms with Gasteiger partial charge in [-0.3, -0.25) is 14.8 Å². The first kappa shape index (κ1) is 16.6. The summed E-state index contributed by atoms with van der Waals surface area (Å²) in [5.41, 5.74) is 4.21. The highest BCUT2D eigenvalue weighted by Gasteiger charge is 2.04. The number of hydrogen-bond acceptors (Lipinski definition) is 5. The van der Waals surface area contributed by atoms with E-state index in [0.717, 1.165) is 22.2 Å². The minimum Gasteiger partial charge on any atom is -0.491 e. The van der Waals surface area contributed by atoms with E-state index < -0.39 is 0 Å². The molecule has 2 aromatic heterocycles. The van der Waals surface area contributed by atoms with Crippen molar-refractivity contribution in [1.29, 1.82) is 0 Å². The number of nitrogens with zero attached hydrogens (tertiary/aromatic N) is 3. The van der Waals surface area contributed by atoms with E-state index in [2.05, 4.69) is 20.5 Å². The molecule has 1 N–H and O–H groups in total. The van der Waals surface area contributed by atoms with Crippen LogP contribution in [0, 0.1) is 0 Å². The van der Waals surface area contributed by atoms with Gasteiger partial charge in [0.2, 0.25) is 5.91 Å². The fourth-order valence-corrected chi connectivity index (χ4v) is 2.29. The molecule has 6 heteroatoms. The van der Waals surface area contributed by atoms with Crippen LogP contribution in [-0.2, 0) is 4.79 Å². The smallest absolute Gasteiger partial charge is 0.240 e. The third kappa shape index (κ3) is 4.84. The van der Waals surface area contributed by atoms with Crippen LogP contribution in [-0.4, -0.2) is 28.7 Å². The second-order valence-electron chi connectivity index (χ2n) is 5.36. The Kier molecular flexibility index (Phi) is 5.66. The second kappa shape index (κ2) is 8.54. The van der Waals surface area contributed by atoms with Crippen molar-refractivity contribution in [3.05, 3.63) is 66.6 Å². The number of amides is 1. The van der Waals surface area contributed by atoms with Gasteiger partial charge >= 0.3 is 0 Å². The van der Waals surface area contributed by atoms with Crippen LogP contribution in [0.1, 0.15) is 18.4 Å². The van der Waals surface area contributed by atoms with Gasteiger partial charge in [-0.25, -0.2) is 5.43 Å². The summed E-state index contributed by atoms with van der Waals surface area (Å²) in [5, 5.41) is 4.95. The molecule has 6 nitrogen and oxygen atoms in total. The number of ether oxygens (including phenoxy) is 1. The molecule has 1 amide bonds. The first-order valence-corrected chi connectivity index (χ1v) is 8.01. The van der Waals surface area contributed by atoms with Crippen molar-refractivity contribution in [1.82, 2.24) is 15.4 Å². The molecule has 0 saturated carbocycles. The summed E-state index contributed by atoms with van der Waals surface area (Å²) >= 11 is 0. The Morgan fingerprint density at radius 3 is 2.84 bits per heavy atom. The topological polar surface area (TPSA) is 76.5 Å². The molecule has 0 spiro atoms. The Bertz CT molecular complexity index is 860. The van der Waals surface area contributed by atoms with E-state index in [4.69, 9.17) is 4.74 Å². The van der Waals surface area contributed by atoms with E-state index in [1.165, 1.54) is 0 Å².